The van der Waals surface area contributed by atoms with Crippen LogP contribution in [0.15, 0.2) is 55.2 Å². The summed E-state index contributed by atoms with van der Waals surface area (Å²) in [4.78, 5) is 33.1. The van der Waals surface area contributed by atoms with Gasteiger partial charge in [-0.25, -0.2) is 9.79 Å². The second-order valence-electron chi connectivity index (χ2n) is 7.90. The highest BCUT2D eigenvalue weighted by atomic mass is 79.9. The number of carbonyl (C=O) groups is 1. The van der Waals surface area contributed by atoms with Gasteiger partial charge in [0.15, 0.2) is 16.3 Å². The Hall–Kier alpha value is -2.69. The SMILES string of the molecule is CCCC1=C(C(=O)OCC)[C@@H](c2cccs2)n2c(s/c(=C\c3cc(Br)c(OC)c(OCC)c3)c2=O)=N1. The van der Waals surface area contributed by atoms with Gasteiger partial charge in [0, 0.05) is 4.88 Å². The monoisotopic (exact) mass is 590 g/mol. The van der Waals surface area contributed by atoms with E-state index < -0.39 is 12.0 Å². The topological polar surface area (TPSA) is 79.1 Å². The first kappa shape index (κ1) is 26.4. The fraction of sp³-hybridized carbons (Fsp3) is 0.346. The first-order valence-corrected chi connectivity index (χ1v) is 14.2. The molecule has 0 unspecified atom stereocenters. The zero-order chi connectivity index (χ0) is 25.8. The molecule has 2 aromatic heterocycles. The Morgan fingerprint density at radius 2 is 2.06 bits per heavy atom. The van der Waals surface area contributed by atoms with Crippen molar-refractivity contribution in [2.24, 2.45) is 4.99 Å². The predicted molar refractivity (Wildman–Crippen MR) is 146 cm³/mol. The van der Waals surface area contributed by atoms with Crippen molar-refractivity contribution in [3.05, 3.63) is 75.5 Å². The van der Waals surface area contributed by atoms with Gasteiger partial charge in [0.1, 0.15) is 6.04 Å². The third-order valence-electron chi connectivity index (χ3n) is 5.54. The number of ether oxygens (including phenoxy) is 3. The van der Waals surface area contributed by atoms with E-state index in [1.54, 1.807) is 18.6 Å². The molecular weight excluding hydrogens is 564 g/mol. The highest BCUT2D eigenvalue weighted by Gasteiger charge is 2.34. The summed E-state index contributed by atoms with van der Waals surface area (Å²) in [5, 5.41) is 1.94. The Bertz CT molecular complexity index is 1470. The molecule has 3 heterocycles. The lowest BCUT2D eigenvalue weighted by Crippen LogP contribution is -2.39. The number of halogens is 1. The average molecular weight is 592 g/mol. The molecule has 0 spiro atoms. The molecule has 0 radical (unpaired) electrons. The number of hydrogen-bond donors (Lipinski definition) is 0. The van der Waals surface area contributed by atoms with Gasteiger partial charge in [0.25, 0.3) is 5.56 Å². The smallest absolute Gasteiger partial charge is 0.338 e. The summed E-state index contributed by atoms with van der Waals surface area (Å²) in [5.74, 6) is 0.744. The van der Waals surface area contributed by atoms with E-state index in [1.807, 2.05) is 49.6 Å². The number of benzene rings is 1. The molecule has 4 rings (SSSR count). The predicted octanol–water partition coefficient (Wildman–Crippen LogP) is 4.81. The molecule has 190 valence electrons. The maximum absolute atomic E-state index is 13.8. The normalized spacial score (nSPS) is 15.5. The summed E-state index contributed by atoms with van der Waals surface area (Å²) in [5.41, 5.74) is 1.68. The summed E-state index contributed by atoms with van der Waals surface area (Å²) in [6.07, 6.45) is 3.24. The van der Waals surface area contributed by atoms with E-state index in [1.165, 1.54) is 22.7 Å². The summed E-state index contributed by atoms with van der Waals surface area (Å²) in [6.45, 7) is 6.44. The lowest BCUT2D eigenvalue weighted by atomic mass is 9.99. The molecule has 7 nitrogen and oxygen atoms in total. The van der Waals surface area contributed by atoms with E-state index in [9.17, 15) is 9.59 Å². The number of aromatic nitrogens is 1. The molecule has 36 heavy (non-hydrogen) atoms. The molecule has 1 aromatic carbocycles. The van der Waals surface area contributed by atoms with Crippen molar-refractivity contribution >= 4 is 50.6 Å². The van der Waals surface area contributed by atoms with Crippen molar-refractivity contribution in [2.75, 3.05) is 20.3 Å². The number of hydrogen-bond acceptors (Lipinski definition) is 8. The van der Waals surface area contributed by atoms with Gasteiger partial charge in [-0.15, -0.1) is 11.3 Å². The van der Waals surface area contributed by atoms with Gasteiger partial charge in [0.05, 0.1) is 40.6 Å². The van der Waals surface area contributed by atoms with Crippen LogP contribution in [0.1, 0.15) is 50.1 Å². The van der Waals surface area contributed by atoms with Crippen LogP contribution < -0.4 is 24.4 Å². The van der Waals surface area contributed by atoms with E-state index in [-0.39, 0.29) is 12.2 Å². The van der Waals surface area contributed by atoms with Crippen molar-refractivity contribution in [3.8, 4) is 11.5 Å². The molecule has 0 bridgehead atoms. The highest BCUT2D eigenvalue weighted by molar-refractivity contribution is 9.10. The second-order valence-corrected chi connectivity index (χ2v) is 10.7. The number of fused-ring (bicyclic) bond motifs is 1. The second kappa shape index (κ2) is 11.6. The van der Waals surface area contributed by atoms with Crippen molar-refractivity contribution in [1.82, 2.24) is 4.57 Å². The minimum Gasteiger partial charge on any atom is -0.492 e. The molecular formula is C26H27BrN2O5S2. The summed E-state index contributed by atoms with van der Waals surface area (Å²) < 4.78 is 19.5. The van der Waals surface area contributed by atoms with Gasteiger partial charge in [-0.2, -0.15) is 0 Å². The Balaban J connectivity index is 1.94. The van der Waals surface area contributed by atoms with Gasteiger partial charge in [0.2, 0.25) is 0 Å². The number of thiazole rings is 1. The fourth-order valence-electron chi connectivity index (χ4n) is 4.12. The quantitative estimate of drug-likeness (QED) is 0.334. The van der Waals surface area contributed by atoms with Crippen molar-refractivity contribution in [1.29, 1.82) is 0 Å². The van der Waals surface area contributed by atoms with Gasteiger partial charge < -0.3 is 14.2 Å². The van der Waals surface area contributed by atoms with E-state index >= 15 is 0 Å². The third-order valence-corrected chi connectivity index (χ3v) is 8.04. The van der Waals surface area contributed by atoms with E-state index in [0.717, 1.165) is 21.3 Å². The third kappa shape index (κ3) is 5.07. The van der Waals surface area contributed by atoms with Gasteiger partial charge >= 0.3 is 5.97 Å². The minimum absolute atomic E-state index is 0.209. The maximum Gasteiger partial charge on any atom is 0.338 e. The number of methoxy groups -OCH3 is 1. The van der Waals surface area contributed by atoms with Crippen LogP contribution in [-0.2, 0) is 9.53 Å². The fourth-order valence-corrected chi connectivity index (χ4v) is 6.59. The Labute approximate surface area is 225 Å². The molecule has 0 aliphatic carbocycles. The lowest BCUT2D eigenvalue weighted by Gasteiger charge is -2.24. The Morgan fingerprint density at radius 1 is 1.25 bits per heavy atom. The number of thiophene rings is 1. The van der Waals surface area contributed by atoms with Crippen molar-refractivity contribution in [2.45, 2.75) is 39.7 Å². The van der Waals surface area contributed by atoms with Crippen LogP contribution in [0.4, 0.5) is 0 Å². The zero-order valence-electron chi connectivity index (χ0n) is 20.5. The number of rotatable bonds is 9. The van der Waals surface area contributed by atoms with Crippen LogP contribution in [-0.4, -0.2) is 30.9 Å². The number of esters is 1. The Morgan fingerprint density at radius 3 is 2.69 bits per heavy atom. The molecule has 1 aliphatic rings. The molecule has 1 aliphatic heterocycles. The zero-order valence-corrected chi connectivity index (χ0v) is 23.7. The standard InChI is InChI=1S/C26H27BrN2O5S2/c1-5-9-17-21(25(31)34-7-3)22(19-10-8-11-35-19)29-24(30)20(36-26(29)28-17)14-15-12-16(27)23(32-4)18(13-15)33-6-2/h8,10-14,22H,5-7,9H2,1-4H3/b20-14-/t22-/m1/s1. The van der Waals surface area contributed by atoms with Crippen LogP contribution in [0, 0.1) is 0 Å². The molecule has 3 aromatic rings. The first-order chi connectivity index (χ1) is 17.4. The molecule has 0 saturated heterocycles. The molecule has 1 atom stereocenters. The van der Waals surface area contributed by atoms with Crippen LogP contribution in [0.5, 0.6) is 11.5 Å². The maximum atomic E-state index is 13.8. The van der Waals surface area contributed by atoms with Gasteiger partial charge in [-0.1, -0.05) is 30.7 Å². The van der Waals surface area contributed by atoms with Crippen LogP contribution in [0.2, 0.25) is 0 Å². The number of nitrogens with zero attached hydrogens (tertiary/aromatic N) is 2. The van der Waals surface area contributed by atoms with E-state index in [4.69, 9.17) is 19.2 Å². The summed E-state index contributed by atoms with van der Waals surface area (Å²) in [6, 6.07) is 7.00. The number of allylic oxidation sites excluding steroid dienone is 1. The van der Waals surface area contributed by atoms with Crippen LogP contribution in [0.3, 0.4) is 0 Å². The molecule has 0 N–H and O–H groups in total. The van der Waals surface area contributed by atoms with Crippen LogP contribution in [0.25, 0.3) is 6.08 Å². The molecule has 0 saturated carbocycles. The van der Waals surface area contributed by atoms with Crippen LogP contribution >= 0.6 is 38.6 Å². The van der Waals surface area contributed by atoms with Crippen molar-refractivity contribution in [3.63, 3.8) is 0 Å². The summed E-state index contributed by atoms with van der Waals surface area (Å²) in [7, 11) is 1.58. The average Bonchev–Trinajstić information content (AvgIpc) is 3.47. The number of carbonyl (C=O) groups excluding carboxylic acids is 1. The minimum atomic E-state index is -0.578. The first-order valence-electron chi connectivity index (χ1n) is 11.7. The largest absolute Gasteiger partial charge is 0.492 e. The molecule has 10 heteroatoms. The Kier molecular flexibility index (Phi) is 8.48. The van der Waals surface area contributed by atoms with Gasteiger partial charge in [-0.3, -0.25) is 9.36 Å². The molecule has 0 fully saturated rings. The van der Waals surface area contributed by atoms with Crippen molar-refractivity contribution < 1.29 is 19.0 Å². The van der Waals surface area contributed by atoms with E-state index in [2.05, 4.69) is 15.9 Å². The van der Waals surface area contributed by atoms with E-state index in [0.29, 0.717) is 45.1 Å². The highest BCUT2D eigenvalue weighted by Crippen LogP contribution is 2.37. The summed E-state index contributed by atoms with van der Waals surface area (Å²) >= 11 is 6.35. The lowest BCUT2D eigenvalue weighted by molar-refractivity contribution is -0.139. The van der Waals surface area contributed by atoms with Gasteiger partial charge in [-0.05, 0) is 71.4 Å². The molecule has 0 amide bonds.